The fourth-order valence-electron chi connectivity index (χ4n) is 2.66. The number of hydrazone groups is 1. The third kappa shape index (κ3) is 4.81. The minimum atomic E-state index is -1.10. The second-order valence-electron chi connectivity index (χ2n) is 6.25. The van der Waals surface area contributed by atoms with Gasteiger partial charge < -0.3 is 15.3 Å². The maximum atomic E-state index is 12.8. The smallest absolute Gasteiger partial charge is 0.326 e. The monoisotopic (exact) mass is 360 g/mol. The number of rotatable bonds is 7. The highest BCUT2D eigenvalue weighted by atomic mass is 16.4. The van der Waals surface area contributed by atoms with Gasteiger partial charge in [-0.1, -0.05) is 0 Å². The summed E-state index contributed by atoms with van der Waals surface area (Å²) in [6.07, 6.45) is 0.910. The van der Waals surface area contributed by atoms with Gasteiger partial charge in [0.1, 0.15) is 6.04 Å². The number of hydrogen-bond acceptors (Lipinski definition) is 5. The number of carbonyl (C=O) groups excluding carboxylic acids is 2. The van der Waals surface area contributed by atoms with Crippen LogP contribution >= 0.6 is 0 Å². The Bertz CT molecular complexity index is 714. The molecular formula is C18H24N4O4. The highest BCUT2D eigenvalue weighted by Gasteiger charge is 2.26. The molecule has 0 saturated carbocycles. The molecule has 1 aliphatic heterocycles. The van der Waals surface area contributed by atoms with E-state index >= 15 is 0 Å². The Labute approximate surface area is 152 Å². The molecule has 1 aromatic rings. The van der Waals surface area contributed by atoms with Crippen molar-refractivity contribution in [3.8, 4) is 0 Å². The molecule has 140 valence electrons. The number of amides is 2. The Morgan fingerprint density at radius 2 is 1.96 bits per heavy atom. The number of carbonyl (C=O) groups is 3. The topological polar surface area (TPSA) is 102 Å². The van der Waals surface area contributed by atoms with Gasteiger partial charge in [-0.2, -0.15) is 5.10 Å². The average molecular weight is 360 g/mol. The lowest BCUT2D eigenvalue weighted by Crippen LogP contribution is -2.46. The Morgan fingerprint density at radius 3 is 2.46 bits per heavy atom. The molecule has 0 spiro atoms. The third-order valence-corrected chi connectivity index (χ3v) is 4.20. The summed E-state index contributed by atoms with van der Waals surface area (Å²) in [6, 6.07) is 5.93. The molecule has 1 atom stereocenters. The van der Waals surface area contributed by atoms with E-state index < -0.39 is 17.9 Å². The lowest BCUT2D eigenvalue weighted by molar-refractivity contribution is -0.141. The van der Waals surface area contributed by atoms with E-state index in [1.165, 1.54) is 18.7 Å². The molecular weight excluding hydrogens is 336 g/mol. The average Bonchev–Trinajstić information content (AvgIpc) is 3.04. The predicted octanol–water partition coefficient (Wildman–Crippen LogP) is 1.32. The molecule has 1 aromatic carbocycles. The number of hydrogen-bond donors (Lipinski definition) is 2. The van der Waals surface area contributed by atoms with Gasteiger partial charge in [-0.15, -0.1) is 0 Å². The van der Waals surface area contributed by atoms with E-state index in [-0.39, 0.29) is 19.0 Å². The van der Waals surface area contributed by atoms with Crippen molar-refractivity contribution in [2.45, 2.75) is 33.2 Å². The van der Waals surface area contributed by atoms with Crippen LogP contribution in [0.4, 0.5) is 5.69 Å². The number of carboxylic acids is 1. The summed E-state index contributed by atoms with van der Waals surface area (Å²) in [4.78, 5) is 36.3. The summed E-state index contributed by atoms with van der Waals surface area (Å²) in [7, 11) is 0. The zero-order valence-electron chi connectivity index (χ0n) is 15.2. The molecule has 26 heavy (non-hydrogen) atoms. The lowest BCUT2D eigenvalue weighted by Gasteiger charge is -2.27. The van der Waals surface area contributed by atoms with Crippen LogP contribution in [0.15, 0.2) is 29.4 Å². The maximum absolute atomic E-state index is 12.8. The first-order chi connectivity index (χ1) is 12.3. The van der Waals surface area contributed by atoms with Crippen molar-refractivity contribution in [3.63, 3.8) is 0 Å². The van der Waals surface area contributed by atoms with Gasteiger partial charge >= 0.3 is 5.97 Å². The standard InChI is InChI=1S/C18H24N4O4/c1-12-8-10-22(20-12)16-6-4-15(5-7-16)17(24)21(13(2)18(25)26)11-9-19-14(3)23/h4-7,13H,8-11H2,1-3H3,(H,19,23)(H,25,26). The van der Waals surface area contributed by atoms with E-state index in [1.807, 2.05) is 11.9 Å². The normalized spacial score (nSPS) is 14.6. The van der Waals surface area contributed by atoms with Crippen LogP contribution in [0, 0.1) is 0 Å². The van der Waals surface area contributed by atoms with Gasteiger partial charge in [-0.05, 0) is 38.1 Å². The minimum absolute atomic E-state index is 0.114. The van der Waals surface area contributed by atoms with Crippen LogP contribution in [-0.2, 0) is 9.59 Å². The molecule has 0 saturated heterocycles. The van der Waals surface area contributed by atoms with Crippen molar-refractivity contribution in [1.82, 2.24) is 10.2 Å². The van der Waals surface area contributed by atoms with Gasteiger partial charge in [0.25, 0.3) is 5.91 Å². The SMILES string of the molecule is CC(=O)NCCN(C(=O)c1ccc(N2CCC(C)=N2)cc1)C(C)C(=O)O. The van der Waals surface area contributed by atoms with Crippen LogP contribution < -0.4 is 10.3 Å². The summed E-state index contributed by atoms with van der Waals surface area (Å²) in [5.41, 5.74) is 2.34. The summed E-state index contributed by atoms with van der Waals surface area (Å²) in [6.45, 7) is 5.90. The summed E-state index contributed by atoms with van der Waals surface area (Å²) in [5.74, 6) is -1.72. The molecule has 0 bridgehead atoms. The van der Waals surface area contributed by atoms with Gasteiger partial charge in [-0.3, -0.25) is 14.6 Å². The van der Waals surface area contributed by atoms with E-state index in [1.54, 1.807) is 24.3 Å². The number of anilines is 1. The van der Waals surface area contributed by atoms with Gasteiger partial charge in [-0.25, -0.2) is 4.79 Å². The minimum Gasteiger partial charge on any atom is -0.480 e. The van der Waals surface area contributed by atoms with Crippen LogP contribution in [0.5, 0.6) is 0 Å². The van der Waals surface area contributed by atoms with E-state index in [0.29, 0.717) is 5.56 Å². The molecule has 8 nitrogen and oxygen atoms in total. The second kappa shape index (κ2) is 8.46. The zero-order valence-corrected chi connectivity index (χ0v) is 15.2. The number of carboxylic acid groups (broad SMARTS) is 1. The molecule has 0 aliphatic carbocycles. The highest BCUT2D eigenvalue weighted by Crippen LogP contribution is 2.20. The van der Waals surface area contributed by atoms with E-state index in [0.717, 1.165) is 24.4 Å². The summed E-state index contributed by atoms with van der Waals surface area (Å²) < 4.78 is 0. The van der Waals surface area contributed by atoms with E-state index in [9.17, 15) is 19.5 Å². The summed E-state index contributed by atoms with van der Waals surface area (Å²) >= 11 is 0. The van der Waals surface area contributed by atoms with Gasteiger partial charge in [0.2, 0.25) is 5.91 Å². The zero-order chi connectivity index (χ0) is 19.3. The molecule has 1 aliphatic rings. The fourth-order valence-corrected chi connectivity index (χ4v) is 2.66. The number of nitrogens with zero attached hydrogens (tertiary/aromatic N) is 3. The van der Waals surface area contributed by atoms with Crippen LogP contribution in [0.25, 0.3) is 0 Å². The van der Waals surface area contributed by atoms with E-state index in [2.05, 4.69) is 10.4 Å². The molecule has 8 heteroatoms. The largest absolute Gasteiger partial charge is 0.480 e. The molecule has 2 amide bonds. The first kappa shape index (κ1) is 19.4. The van der Waals surface area contributed by atoms with Crippen LogP contribution in [0.1, 0.15) is 37.6 Å². The quantitative estimate of drug-likeness (QED) is 0.764. The predicted molar refractivity (Wildman–Crippen MR) is 98.3 cm³/mol. The van der Waals surface area contributed by atoms with Crippen molar-refractivity contribution in [2.75, 3.05) is 24.6 Å². The molecule has 1 heterocycles. The molecule has 0 aromatic heterocycles. The Balaban J connectivity index is 2.13. The van der Waals surface area contributed by atoms with Crippen LogP contribution in [-0.4, -0.2) is 59.2 Å². The van der Waals surface area contributed by atoms with Crippen molar-refractivity contribution in [2.24, 2.45) is 5.10 Å². The van der Waals surface area contributed by atoms with E-state index in [4.69, 9.17) is 0 Å². The number of aliphatic carboxylic acids is 1. The Hall–Kier alpha value is -2.90. The van der Waals surface area contributed by atoms with Crippen molar-refractivity contribution in [1.29, 1.82) is 0 Å². The van der Waals surface area contributed by atoms with Crippen molar-refractivity contribution < 1.29 is 19.5 Å². The highest BCUT2D eigenvalue weighted by molar-refractivity contribution is 5.97. The summed E-state index contributed by atoms with van der Waals surface area (Å²) in [5, 5.41) is 18.1. The molecule has 0 fully saturated rings. The Kier molecular flexibility index (Phi) is 6.32. The maximum Gasteiger partial charge on any atom is 0.326 e. The molecule has 2 N–H and O–H groups in total. The van der Waals surface area contributed by atoms with Crippen LogP contribution in [0.2, 0.25) is 0 Å². The third-order valence-electron chi connectivity index (χ3n) is 4.20. The van der Waals surface area contributed by atoms with Gasteiger partial charge in [0.05, 0.1) is 5.69 Å². The van der Waals surface area contributed by atoms with Crippen LogP contribution in [0.3, 0.4) is 0 Å². The number of benzene rings is 1. The van der Waals surface area contributed by atoms with Crippen molar-refractivity contribution >= 4 is 29.2 Å². The molecule has 1 unspecified atom stereocenters. The first-order valence-electron chi connectivity index (χ1n) is 8.49. The number of nitrogens with one attached hydrogen (secondary N) is 1. The lowest BCUT2D eigenvalue weighted by atomic mass is 10.1. The fraction of sp³-hybridized carbons (Fsp3) is 0.444. The van der Waals surface area contributed by atoms with Crippen molar-refractivity contribution in [3.05, 3.63) is 29.8 Å². The first-order valence-corrected chi connectivity index (χ1v) is 8.49. The van der Waals surface area contributed by atoms with Gasteiger partial charge in [0, 0.05) is 44.3 Å². The second-order valence-corrected chi connectivity index (χ2v) is 6.25. The molecule has 2 rings (SSSR count). The van der Waals surface area contributed by atoms with Gasteiger partial charge in [0.15, 0.2) is 0 Å². The molecule has 0 radical (unpaired) electrons. The Morgan fingerprint density at radius 1 is 1.31 bits per heavy atom.